The molecule has 0 heterocycles. The predicted molar refractivity (Wildman–Crippen MR) is 72.7 cm³/mol. The summed E-state index contributed by atoms with van der Waals surface area (Å²) in [4.78, 5) is 22.1. The van der Waals surface area contributed by atoms with Gasteiger partial charge in [-0.1, -0.05) is 0 Å². The number of carbonyl (C=O) groups is 2. The first-order valence-electron chi connectivity index (χ1n) is 6.19. The molecule has 2 aromatic rings. The van der Waals surface area contributed by atoms with E-state index in [2.05, 4.69) is 4.74 Å². The summed E-state index contributed by atoms with van der Waals surface area (Å²) in [6.45, 7) is 0. The molecule has 23 heavy (non-hydrogen) atoms. The quantitative estimate of drug-likeness (QED) is 0.649. The molecule has 2 rings (SSSR count). The summed E-state index contributed by atoms with van der Waals surface area (Å²) >= 11 is 0. The molecule has 6 nitrogen and oxygen atoms in total. The molecule has 0 unspecified atom stereocenters. The largest absolute Gasteiger partial charge is 0.508 e. The predicted octanol–water partition coefficient (Wildman–Crippen LogP) is 2.67. The SMILES string of the molecule is O=C(Oc1ccc(O)cc1)c1ccc(OC(F)(F)C(=O)O)cc1. The lowest BCUT2D eigenvalue weighted by Crippen LogP contribution is -2.34. The van der Waals surface area contributed by atoms with E-state index in [1.54, 1.807) is 0 Å². The Balaban J connectivity index is 2.05. The van der Waals surface area contributed by atoms with E-state index in [9.17, 15) is 18.4 Å². The van der Waals surface area contributed by atoms with Crippen LogP contribution >= 0.6 is 0 Å². The molecule has 0 aliphatic rings. The summed E-state index contributed by atoms with van der Waals surface area (Å²) in [5, 5.41) is 17.4. The summed E-state index contributed by atoms with van der Waals surface area (Å²) in [6.07, 6.45) is -4.37. The zero-order valence-corrected chi connectivity index (χ0v) is 11.4. The number of aromatic hydroxyl groups is 1. The molecule has 0 bridgehead atoms. The van der Waals surface area contributed by atoms with E-state index >= 15 is 0 Å². The molecule has 0 atom stereocenters. The number of phenols is 1. The van der Waals surface area contributed by atoms with E-state index in [0.29, 0.717) is 0 Å². The van der Waals surface area contributed by atoms with Crippen molar-refractivity contribution in [1.82, 2.24) is 0 Å². The van der Waals surface area contributed by atoms with Gasteiger partial charge in [0.15, 0.2) is 0 Å². The number of hydrogen-bond acceptors (Lipinski definition) is 5. The Kier molecular flexibility index (Phi) is 4.44. The summed E-state index contributed by atoms with van der Waals surface area (Å²) in [7, 11) is 0. The van der Waals surface area contributed by atoms with Crippen molar-refractivity contribution in [1.29, 1.82) is 0 Å². The van der Waals surface area contributed by atoms with E-state index < -0.39 is 23.8 Å². The van der Waals surface area contributed by atoms with Crippen molar-refractivity contribution in [2.24, 2.45) is 0 Å². The van der Waals surface area contributed by atoms with E-state index in [1.165, 1.54) is 24.3 Å². The standard InChI is InChI=1S/C15H10F2O6/c16-15(17,14(20)21)23-12-5-1-9(2-6-12)13(19)22-11-7-3-10(18)4-8-11/h1-8,18H,(H,20,21). The third kappa shape index (κ3) is 4.16. The van der Waals surface area contributed by atoms with Gasteiger partial charge in [0.2, 0.25) is 0 Å². The van der Waals surface area contributed by atoms with Crippen LogP contribution in [0.1, 0.15) is 10.4 Å². The molecule has 0 aliphatic carbocycles. The van der Waals surface area contributed by atoms with Gasteiger partial charge in [-0.15, -0.1) is 0 Å². The average Bonchev–Trinajstić information content (AvgIpc) is 2.49. The molecule has 0 saturated heterocycles. The summed E-state index contributed by atoms with van der Waals surface area (Å²) in [5.74, 6) is -3.41. The van der Waals surface area contributed by atoms with E-state index in [0.717, 1.165) is 24.3 Å². The van der Waals surface area contributed by atoms with Crippen molar-refractivity contribution in [2.45, 2.75) is 6.11 Å². The fourth-order valence-corrected chi connectivity index (χ4v) is 1.53. The van der Waals surface area contributed by atoms with Gasteiger partial charge < -0.3 is 19.7 Å². The fraction of sp³-hybridized carbons (Fsp3) is 0.0667. The van der Waals surface area contributed by atoms with Crippen molar-refractivity contribution in [3.8, 4) is 17.2 Å². The Morgan fingerprint density at radius 3 is 1.96 bits per heavy atom. The lowest BCUT2D eigenvalue weighted by Gasteiger charge is -2.13. The minimum atomic E-state index is -4.37. The van der Waals surface area contributed by atoms with Gasteiger partial charge in [-0.25, -0.2) is 9.59 Å². The van der Waals surface area contributed by atoms with Gasteiger partial charge in [0.05, 0.1) is 5.56 Å². The van der Waals surface area contributed by atoms with Crippen molar-refractivity contribution >= 4 is 11.9 Å². The summed E-state index contributed by atoms with van der Waals surface area (Å²) in [6, 6.07) is 9.73. The van der Waals surface area contributed by atoms with Gasteiger partial charge in [-0.3, -0.25) is 0 Å². The monoisotopic (exact) mass is 324 g/mol. The topological polar surface area (TPSA) is 93.1 Å². The van der Waals surface area contributed by atoms with Crippen LogP contribution in [0.2, 0.25) is 0 Å². The highest BCUT2D eigenvalue weighted by Crippen LogP contribution is 2.23. The van der Waals surface area contributed by atoms with Gasteiger partial charge in [-0.05, 0) is 48.5 Å². The number of alkyl halides is 2. The molecule has 8 heteroatoms. The third-order valence-electron chi connectivity index (χ3n) is 2.63. The second-order valence-electron chi connectivity index (χ2n) is 4.33. The van der Waals surface area contributed by atoms with Crippen LogP contribution in [0.3, 0.4) is 0 Å². The van der Waals surface area contributed by atoms with E-state index in [1.807, 2.05) is 0 Å². The number of hydrogen-bond donors (Lipinski definition) is 2. The molecule has 0 saturated carbocycles. The zero-order valence-electron chi connectivity index (χ0n) is 11.4. The first kappa shape index (κ1) is 16.2. The number of benzene rings is 2. The minimum Gasteiger partial charge on any atom is -0.508 e. The van der Waals surface area contributed by atoms with Crippen molar-refractivity contribution in [2.75, 3.05) is 0 Å². The number of carboxylic acids is 1. The van der Waals surface area contributed by atoms with Crippen LogP contribution < -0.4 is 9.47 Å². The first-order valence-corrected chi connectivity index (χ1v) is 6.19. The lowest BCUT2D eigenvalue weighted by molar-refractivity contribution is -0.210. The molecule has 0 aromatic heterocycles. The Labute approximate surface area is 128 Å². The maximum absolute atomic E-state index is 12.9. The van der Waals surface area contributed by atoms with E-state index in [-0.39, 0.29) is 17.1 Å². The van der Waals surface area contributed by atoms with Crippen LogP contribution in [-0.4, -0.2) is 28.3 Å². The second-order valence-corrected chi connectivity index (χ2v) is 4.33. The number of carbonyl (C=O) groups excluding carboxylic acids is 1. The third-order valence-corrected chi connectivity index (χ3v) is 2.63. The Hall–Kier alpha value is -3.16. The second kappa shape index (κ2) is 6.30. The average molecular weight is 324 g/mol. The molecule has 0 amide bonds. The van der Waals surface area contributed by atoms with Gasteiger partial charge >= 0.3 is 18.0 Å². The highest BCUT2D eigenvalue weighted by atomic mass is 19.3. The Bertz CT molecular complexity index is 710. The van der Waals surface area contributed by atoms with Gasteiger partial charge in [0, 0.05) is 0 Å². The van der Waals surface area contributed by atoms with Crippen LogP contribution in [0.4, 0.5) is 8.78 Å². The zero-order chi connectivity index (χ0) is 17.0. The normalized spacial score (nSPS) is 10.9. The highest BCUT2D eigenvalue weighted by Gasteiger charge is 2.42. The molecule has 0 aliphatic heterocycles. The lowest BCUT2D eigenvalue weighted by atomic mass is 10.2. The first-order chi connectivity index (χ1) is 10.8. The smallest absolute Gasteiger partial charge is 0.501 e. The maximum Gasteiger partial charge on any atom is 0.501 e. The number of halogens is 2. The number of phenolic OH excluding ortho intramolecular Hbond substituents is 1. The highest BCUT2D eigenvalue weighted by molar-refractivity contribution is 5.91. The molecular formula is C15H10F2O6. The minimum absolute atomic E-state index is 0.00524. The van der Waals surface area contributed by atoms with Crippen LogP contribution in [0.15, 0.2) is 48.5 Å². The van der Waals surface area contributed by atoms with Crippen LogP contribution in [-0.2, 0) is 4.79 Å². The summed E-state index contributed by atoms with van der Waals surface area (Å²) in [5.41, 5.74) is 0.0454. The molecular weight excluding hydrogens is 314 g/mol. The summed E-state index contributed by atoms with van der Waals surface area (Å²) < 4.78 is 34.8. The molecule has 2 N–H and O–H groups in total. The van der Waals surface area contributed by atoms with Crippen molar-refractivity contribution in [3.05, 3.63) is 54.1 Å². The molecule has 120 valence electrons. The number of rotatable bonds is 5. The van der Waals surface area contributed by atoms with Crippen LogP contribution in [0.5, 0.6) is 17.2 Å². The maximum atomic E-state index is 12.9. The molecule has 2 aromatic carbocycles. The van der Waals surface area contributed by atoms with Crippen molar-refractivity contribution < 1.29 is 38.1 Å². The van der Waals surface area contributed by atoms with Crippen LogP contribution in [0.25, 0.3) is 0 Å². The molecule has 0 fully saturated rings. The number of esters is 1. The van der Waals surface area contributed by atoms with Gasteiger partial charge in [0.25, 0.3) is 0 Å². The number of ether oxygens (including phenoxy) is 2. The van der Waals surface area contributed by atoms with E-state index in [4.69, 9.17) is 14.9 Å². The van der Waals surface area contributed by atoms with Gasteiger partial charge in [-0.2, -0.15) is 8.78 Å². The Morgan fingerprint density at radius 2 is 1.43 bits per heavy atom. The Morgan fingerprint density at radius 1 is 0.913 bits per heavy atom. The van der Waals surface area contributed by atoms with Gasteiger partial charge in [0.1, 0.15) is 17.2 Å². The molecule has 0 radical (unpaired) electrons. The fourth-order valence-electron chi connectivity index (χ4n) is 1.53. The number of aliphatic carboxylic acids is 1. The van der Waals surface area contributed by atoms with Crippen molar-refractivity contribution in [3.63, 3.8) is 0 Å². The molecule has 0 spiro atoms. The van der Waals surface area contributed by atoms with Crippen LogP contribution in [0, 0.1) is 0 Å². The number of carboxylic acid groups (broad SMARTS) is 1.